The normalized spacial score (nSPS) is 12.2. The number of halogens is 1. The van der Waals surface area contributed by atoms with Crippen molar-refractivity contribution >= 4 is 27.9 Å². The van der Waals surface area contributed by atoms with E-state index in [0.29, 0.717) is 0 Å². The predicted molar refractivity (Wildman–Crippen MR) is 106 cm³/mol. The van der Waals surface area contributed by atoms with E-state index in [9.17, 15) is 4.39 Å². The first kappa shape index (κ1) is 17.4. The Bertz CT molecular complexity index is 1070. The minimum Gasteiger partial charge on any atom is -0.376 e. The summed E-state index contributed by atoms with van der Waals surface area (Å²) in [6, 6.07) is 6.31. The summed E-state index contributed by atoms with van der Waals surface area (Å²) in [5.74, 6) is -0.278. The smallest absolute Gasteiger partial charge is 0.123 e. The maximum Gasteiger partial charge on any atom is 0.123 e. The zero-order valence-electron chi connectivity index (χ0n) is 14.8. The molecule has 4 rings (SSSR count). The van der Waals surface area contributed by atoms with Gasteiger partial charge in [0.25, 0.3) is 0 Å². The first-order valence-electron chi connectivity index (χ1n) is 8.60. The highest BCUT2D eigenvalue weighted by atomic mass is 32.1. The molecule has 0 unspecified atom stereocenters. The Morgan fingerprint density at radius 1 is 1.26 bits per heavy atom. The summed E-state index contributed by atoms with van der Waals surface area (Å²) in [4.78, 5) is 8.76. The predicted octanol–water partition coefficient (Wildman–Crippen LogP) is 4.73. The highest BCUT2D eigenvalue weighted by molar-refractivity contribution is 7.09. The van der Waals surface area contributed by atoms with E-state index in [0.717, 1.165) is 39.3 Å². The monoisotopic (exact) mass is 379 g/mol. The van der Waals surface area contributed by atoms with Crippen LogP contribution in [-0.4, -0.2) is 19.7 Å². The van der Waals surface area contributed by atoms with E-state index in [1.54, 1.807) is 46.7 Å². The van der Waals surface area contributed by atoms with Crippen LogP contribution in [0.5, 0.6) is 0 Å². The first-order chi connectivity index (χ1) is 13.2. The summed E-state index contributed by atoms with van der Waals surface area (Å²) in [5.41, 5.74) is 3.27. The van der Waals surface area contributed by atoms with Gasteiger partial charge in [0.15, 0.2) is 0 Å². The van der Waals surface area contributed by atoms with Gasteiger partial charge in [-0.1, -0.05) is 13.5 Å². The molecule has 27 heavy (non-hydrogen) atoms. The van der Waals surface area contributed by atoms with Gasteiger partial charge in [0, 0.05) is 34.4 Å². The lowest BCUT2D eigenvalue weighted by molar-refractivity contribution is 0.610. The Hall–Kier alpha value is -3.06. The van der Waals surface area contributed by atoms with Crippen LogP contribution < -0.4 is 5.32 Å². The van der Waals surface area contributed by atoms with Crippen molar-refractivity contribution in [2.75, 3.05) is 0 Å². The largest absolute Gasteiger partial charge is 0.376 e. The molecule has 1 aromatic carbocycles. The molecular weight excluding hydrogens is 361 g/mol. The standard InChI is InChI=1S/C20H18FN5S/c1-3-18(20-23-8-9-27-20)25-13(2)16-10-22-12-19-17(16)11-24-26(19)15-6-4-14(21)5-7-15/h4-12,18,25H,2-3H2,1H3/t18-/m0/s1. The fourth-order valence-corrected chi connectivity index (χ4v) is 3.78. The highest BCUT2D eigenvalue weighted by Gasteiger charge is 2.16. The molecule has 0 aliphatic heterocycles. The first-order valence-corrected chi connectivity index (χ1v) is 9.48. The Kier molecular flexibility index (Phi) is 4.68. The molecule has 1 N–H and O–H groups in total. The van der Waals surface area contributed by atoms with Crippen LogP contribution in [0.15, 0.2) is 61.0 Å². The Morgan fingerprint density at radius 2 is 2.07 bits per heavy atom. The number of nitrogens with one attached hydrogen (secondary N) is 1. The van der Waals surface area contributed by atoms with Crippen molar-refractivity contribution in [3.8, 4) is 5.69 Å². The second kappa shape index (κ2) is 7.28. The third-order valence-electron chi connectivity index (χ3n) is 4.40. The molecule has 0 aliphatic rings. The fraction of sp³-hybridized carbons (Fsp3) is 0.150. The quantitative estimate of drug-likeness (QED) is 0.526. The number of pyridine rings is 1. The van der Waals surface area contributed by atoms with Crippen LogP contribution in [0, 0.1) is 5.82 Å². The SMILES string of the molecule is C=C(N[C@@H](CC)c1nccs1)c1cncc2c1cnn2-c1ccc(F)cc1. The minimum atomic E-state index is -0.278. The molecule has 4 aromatic rings. The molecule has 3 heterocycles. The van der Waals surface area contributed by atoms with E-state index >= 15 is 0 Å². The van der Waals surface area contributed by atoms with E-state index in [-0.39, 0.29) is 11.9 Å². The lowest BCUT2D eigenvalue weighted by atomic mass is 10.1. The molecule has 7 heteroatoms. The van der Waals surface area contributed by atoms with Gasteiger partial charge >= 0.3 is 0 Å². The van der Waals surface area contributed by atoms with Crippen molar-refractivity contribution in [1.82, 2.24) is 25.1 Å². The Labute approximate surface area is 160 Å². The topological polar surface area (TPSA) is 55.6 Å². The van der Waals surface area contributed by atoms with E-state index in [2.05, 4.69) is 33.9 Å². The number of hydrogen-bond donors (Lipinski definition) is 1. The maximum atomic E-state index is 13.2. The van der Waals surface area contributed by atoms with E-state index in [4.69, 9.17) is 0 Å². The average Bonchev–Trinajstić information content (AvgIpc) is 3.36. The number of rotatable bonds is 6. The molecule has 0 bridgehead atoms. The highest BCUT2D eigenvalue weighted by Crippen LogP contribution is 2.27. The van der Waals surface area contributed by atoms with Gasteiger partial charge in [-0.25, -0.2) is 14.1 Å². The number of hydrogen-bond acceptors (Lipinski definition) is 5. The summed E-state index contributed by atoms with van der Waals surface area (Å²) in [5, 5.41) is 11.9. The third kappa shape index (κ3) is 3.33. The molecule has 5 nitrogen and oxygen atoms in total. The number of fused-ring (bicyclic) bond motifs is 1. The van der Waals surface area contributed by atoms with Crippen molar-refractivity contribution in [2.24, 2.45) is 0 Å². The van der Waals surface area contributed by atoms with Crippen LogP contribution in [0.3, 0.4) is 0 Å². The van der Waals surface area contributed by atoms with Gasteiger partial charge in [-0.3, -0.25) is 4.98 Å². The lowest BCUT2D eigenvalue weighted by Gasteiger charge is -2.18. The van der Waals surface area contributed by atoms with Crippen LogP contribution >= 0.6 is 11.3 Å². The van der Waals surface area contributed by atoms with Crippen molar-refractivity contribution < 1.29 is 4.39 Å². The van der Waals surface area contributed by atoms with Gasteiger partial charge in [0.1, 0.15) is 10.8 Å². The van der Waals surface area contributed by atoms with Gasteiger partial charge in [-0.05, 0) is 30.7 Å². The minimum absolute atomic E-state index is 0.0971. The number of benzene rings is 1. The molecule has 1 atom stereocenters. The molecule has 0 aliphatic carbocycles. The van der Waals surface area contributed by atoms with Crippen LogP contribution in [-0.2, 0) is 0 Å². The van der Waals surface area contributed by atoms with E-state index < -0.39 is 0 Å². The van der Waals surface area contributed by atoms with Crippen molar-refractivity contribution in [1.29, 1.82) is 0 Å². The van der Waals surface area contributed by atoms with Crippen LogP contribution in [0.25, 0.3) is 22.3 Å². The van der Waals surface area contributed by atoms with Gasteiger partial charge < -0.3 is 5.32 Å². The van der Waals surface area contributed by atoms with Gasteiger partial charge in [0.05, 0.1) is 29.6 Å². The summed E-state index contributed by atoms with van der Waals surface area (Å²) in [7, 11) is 0. The zero-order chi connectivity index (χ0) is 18.8. The third-order valence-corrected chi connectivity index (χ3v) is 5.29. The zero-order valence-corrected chi connectivity index (χ0v) is 15.6. The maximum absolute atomic E-state index is 13.2. The van der Waals surface area contributed by atoms with Crippen LogP contribution in [0.2, 0.25) is 0 Å². The van der Waals surface area contributed by atoms with E-state index in [1.165, 1.54) is 12.1 Å². The van der Waals surface area contributed by atoms with E-state index in [1.807, 2.05) is 11.6 Å². The fourth-order valence-electron chi connectivity index (χ4n) is 3.00. The van der Waals surface area contributed by atoms with Crippen molar-refractivity contribution in [3.63, 3.8) is 0 Å². The molecule has 0 saturated carbocycles. The number of thiazole rings is 1. The molecule has 3 aromatic heterocycles. The number of nitrogens with zero attached hydrogens (tertiary/aromatic N) is 4. The molecule has 0 spiro atoms. The molecular formula is C20H18FN5S. The van der Waals surface area contributed by atoms with Gasteiger partial charge in [-0.15, -0.1) is 11.3 Å². The van der Waals surface area contributed by atoms with Crippen molar-refractivity contribution in [2.45, 2.75) is 19.4 Å². The van der Waals surface area contributed by atoms with Crippen molar-refractivity contribution in [3.05, 3.63) is 77.4 Å². The molecule has 0 saturated heterocycles. The van der Waals surface area contributed by atoms with Crippen LogP contribution in [0.1, 0.15) is 30.0 Å². The van der Waals surface area contributed by atoms with Crippen LogP contribution in [0.4, 0.5) is 4.39 Å². The Morgan fingerprint density at radius 3 is 2.78 bits per heavy atom. The summed E-state index contributed by atoms with van der Waals surface area (Å²) >= 11 is 1.62. The van der Waals surface area contributed by atoms with Gasteiger partial charge in [0.2, 0.25) is 0 Å². The molecule has 0 amide bonds. The summed E-state index contributed by atoms with van der Waals surface area (Å²) in [6.45, 7) is 6.31. The molecule has 0 radical (unpaired) electrons. The summed E-state index contributed by atoms with van der Waals surface area (Å²) in [6.07, 6.45) is 8.02. The summed E-state index contributed by atoms with van der Waals surface area (Å²) < 4.78 is 15.0. The second-order valence-corrected chi connectivity index (χ2v) is 7.03. The lowest BCUT2D eigenvalue weighted by Crippen LogP contribution is -2.18. The Balaban J connectivity index is 1.68. The molecule has 136 valence electrons. The van der Waals surface area contributed by atoms with Gasteiger partial charge in [-0.2, -0.15) is 5.10 Å². The number of aromatic nitrogens is 4. The average molecular weight is 379 g/mol. The second-order valence-electron chi connectivity index (χ2n) is 6.11. The molecule has 0 fully saturated rings.